The average Bonchev–Trinajstić information content (AvgIpc) is 2.55. The number of aryl methyl sites for hydroxylation is 1. The molecule has 0 atom stereocenters. The third-order valence-electron chi connectivity index (χ3n) is 3.15. The number of hydrogen-bond donors (Lipinski definition) is 2. The zero-order valence-electron chi connectivity index (χ0n) is 13.1. The first-order chi connectivity index (χ1) is 11.1. The van der Waals surface area contributed by atoms with E-state index in [9.17, 15) is 4.79 Å². The summed E-state index contributed by atoms with van der Waals surface area (Å²) in [6, 6.07) is 7.26. The number of amides is 1. The van der Waals surface area contributed by atoms with Crippen molar-refractivity contribution in [2.24, 2.45) is 0 Å². The molecule has 0 fully saturated rings. The number of halogens is 1. The van der Waals surface area contributed by atoms with Crippen molar-refractivity contribution in [3.05, 3.63) is 46.3 Å². The molecular formula is C16H19BrN4O2. The number of nitrogens with one attached hydrogen (secondary N) is 2. The zero-order chi connectivity index (χ0) is 16.7. The van der Waals surface area contributed by atoms with Crippen molar-refractivity contribution < 1.29 is 9.53 Å². The number of methoxy groups -OCH3 is 1. The lowest BCUT2D eigenvalue weighted by molar-refractivity contribution is 0.102. The van der Waals surface area contributed by atoms with E-state index in [-0.39, 0.29) is 5.91 Å². The summed E-state index contributed by atoms with van der Waals surface area (Å²) in [4.78, 5) is 20.4. The first-order valence-corrected chi connectivity index (χ1v) is 8.02. The molecule has 1 aromatic heterocycles. The lowest BCUT2D eigenvalue weighted by Gasteiger charge is -2.08. The molecule has 0 aliphatic heterocycles. The van der Waals surface area contributed by atoms with Gasteiger partial charge in [0.2, 0.25) is 0 Å². The van der Waals surface area contributed by atoms with Crippen molar-refractivity contribution in [2.75, 3.05) is 30.9 Å². The van der Waals surface area contributed by atoms with E-state index < -0.39 is 0 Å². The number of aromatic nitrogens is 2. The quantitative estimate of drug-likeness (QED) is 0.723. The summed E-state index contributed by atoms with van der Waals surface area (Å²) in [5, 5.41) is 5.97. The fourth-order valence-corrected chi connectivity index (χ4v) is 2.18. The van der Waals surface area contributed by atoms with E-state index in [1.807, 2.05) is 25.1 Å². The first-order valence-electron chi connectivity index (χ1n) is 7.22. The molecule has 1 heterocycles. The summed E-state index contributed by atoms with van der Waals surface area (Å²) >= 11 is 3.43. The Bertz CT molecular complexity index is 679. The van der Waals surface area contributed by atoms with Crippen LogP contribution in [0.25, 0.3) is 0 Å². The van der Waals surface area contributed by atoms with Crippen LogP contribution >= 0.6 is 15.9 Å². The number of rotatable bonds is 7. The molecule has 0 unspecified atom stereocenters. The minimum atomic E-state index is -0.269. The van der Waals surface area contributed by atoms with Gasteiger partial charge in [0.25, 0.3) is 5.91 Å². The summed E-state index contributed by atoms with van der Waals surface area (Å²) < 4.78 is 5.99. The van der Waals surface area contributed by atoms with Crippen LogP contribution in [-0.4, -0.2) is 36.1 Å². The second kappa shape index (κ2) is 8.59. The Morgan fingerprint density at radius 1 is 1.30 bits per heavy atom. The Balaban J connectivity index is 2.00. The van der Waals surface area contributed by atoms with Crippen LogP contribution in [0.5, 0.6) is 0 Å². The van der Waals surface area contributed by atoms with Gasteiger partial charge >= 0.3 is 0 Å². The van der Waals surface area contributed by atoms with Crippen molar-refractivity contribution in [3.63, 3.8) is 0 Å². The van der Waals surface area contributed by atoms with E-state index >= 15 is 0 Å². The molecule has 2 aromatic rings. The second-order valence-corrected chi connectivity index (χ2v) is 5.83. The molecule has 7 heteroatoms. The summed E-state index contributed by atoms with van der Waals surface area (Å²) in [6.07, 6.45) is 2.24. The third kappa shape index (κ3) is 5.30. The summed E-state index contributed by atoms with van der Waals surface area (Å²) in [6.45, 7) is 3.36. The molecule has 2 rings (SSSR count). The predicted octanol–water partition coefficient (Wildman–Crippen LogP) is 3.25. The maximum atomic E-state index is 12.3. The Kier molecular flexibility index (Phi) is 6.49. The predicted molar refractivity (Wildman–Crippen MR) is 93.8 cm³/mol. The van der Waals surface area contributed by atoms with Gasteiger partial charge in [0.15, 0.2) is 0 Å². The van der Waals surface area contributed by atoms with Crippen molar-refractivity contribution in [1.29, 1.82) is 0 Å². The van der Waals surface area contributed by atoms with Crippen LogP contribution in [0.2, 0.25) is 0 Å². The number of anilines is 2. The lowest BCUT2D eigenvalue weighted by Crippen LogP contribution is -2.15. The number of benzene rings is 1. The molecule has 23 heavy (non-hydrogen) atoms. The first kappa shape index (κ1) is 17.4. The minimum absolute atomic E-state index is 0.269. The van der Waals surface area contributed by atoms with Crippen molar-refractivity contribution in [1.82, 2.24) is 9.97 Å². The van der Waals surface area contributed by atoms with E-state index in [0.717, 1.165) is 28.7 Å². The highest BCUT2D eigenvalue weighted by Gasteiger charge is 2.09. The van der Waals surface area contributed by atoms with Crippen LogP contribution in [-0.2, 0) is 4.74 Å². The highest BCUT2D eigenvalue weighted by Crippen LogP contribution is 2.20. The minimum Gasteiger partial charge on any atom is -0.385 e. The fourth-order valence-electron chi connectivity index (χ4n) is 1.93. The normalized spacial score (nSPS) is 10.4. The van der Waals surface area contributed by atoms with E-state index in [2.05, 4.69) is 36.5 Å². The molecule has 0 saturated carbocycles. The molecule has 2 N–H and O–H groups in total. The van der Waals surface area contributed by atoms with Gasteiger partial charge < -0.3 is 15.4 Å². The maximum Gasteiger partial charge on any atom is 0.274 e. The van der Waals surface area contributed by atoms with Gasteiger partial charge in [-0.2, -0.15) is 0 Å². The Morgan fingerprint density at radius 3 is 2.87 bits per heavy atom. The van der Waals surface area contributed by atoms with Crippen molar-refractivity contribution in [3.8, 4) is 0 Å². The number of carbonyl (C=O) groups excluding carboxylic acids is 1. The second-order valence-electron chi connectivity index (χ2n) is 4.98. The number of carbonyl (C=O) groups is 1. The van der Waals surface area contributed by atoms with Gasteiger partial charge in [0.05, 0.1) is 0 Å². The van der Waals surface area contributed by atoms with Gasteiger partial charge in [-0.1, -0.05) is 15.9 Å². The lowest BCUT2D eigenvalue weighted by atomic mass is 10.2. The number of nitrogens with zero attached hydrogens (tertiary/aromatic N) is 2. The largest absolute Gasteiger partial charge is 0.385 e. The van der Waals surface area contributed by atoms with Gasteiger partial charge in [0, 0.05) is 36.5 Å². The smallest absolute Gasteiger partial charge is 0.274 e. The van der Waals surface area contributed by atoms with Crippen LogP contribution in [0.3, 0.4) is 0 Å². The topological polar surface area (TPSA) is 76.1 Å². The molecule has 0 bridgehead atoms. The van der Waals surface area contributed by atoms with Gasteiger partial charge in [-0.05, 0) is 37.1 Å². The molecule has 0 spiro atoms. The average molecular weight is 379 g/mol. The standard InChI is InChI=1S/C16H19BrN4O2/c1-11-8-12(4-5-13(11)17)21-16(22)14-9-15(20-10-19-14)18-6-3-7-23-2/h4-5,8-10H,3,6-7H2,1-2H3,(H,21,22)(H,18,19,20). The van der Waals surface area contributed by atoms with E-state index in [1.165, 1.54) is 6.33 Å². The number of hydrogen-bond acceptors (Lipinski definition) is 5. The van der Waals surface area contributed by atoms with Crippen LogP contribution < -0.4 is 10.6 Å². The van der Waals surface area contributed by atoms with Crippen LogP contribution in [0.4, 0.5) is 11.5 Å². The Hall–Kier alpha value is -1.99. The molecule has 1 aromatic carbocycles. The molecule has 0 aliphatic carbocycles. The zero-order valence-corrected chi connectivity index (χ0v) is 14.7. The monoisotopic (exact) mass is 378 g/mol. The maximum absolute atomic E-state index is 12.3. The molecular weight excluding hydrogens is 360 g/mol. The highest BCUT2D eigenvalue weighted by atomic mass is 79.9. The molecule has 6 nitrogen and oxygen atoms in total. The van der Waals surface area contributed by atoms with Gasteiger partial charge in [-0.3, -0.25) is 4.79 Å². The van der Waals surface area contributed by atoms with Gasteiger partial charge in [-0.15, -0.1) is 0 Å². The molecule has 0 saturated heterocycles. The molecule has 0 aliphatic rings. The van der Waals surface area contributed by atoms with Crippen molar-refractivity contribution >= 4 is 33.3 Å². The number of ether oxygens (including phenoxy) is 1. The molecule has 122 valence electrons. The third-order valence-corrected chi connectivity index (χ3v) is 4.04. The summed E-state index contributed by atoms with van der Waals surface area (Å²) in [5.41, 5.74) is 2.09. The molecule has 1 amide bonds. The van der Waals surface area contributed by atoms with E-state index in [0.29, 0.717) is 18.1 Å². The molecule has 0 radical (unpaired) electrons. The van der Waals surface area contributed by atoms with E-state index in [4.69, 9.17) is 4.74 Å². The van der Waals surface area contributed by atoms with E-state index in [1.54, 1.807) is 13.2 Å². The SMILES string of the molecule is COCCCNc1cc(C(=O)Nc2ccc(Br)c(C)c2)ncn1. The highest BCUT2D eigenvalue weighted by molar-refractivity contribution is 9.10. The fraction of sp³-hybridized carbons (Fsp3) is 0.312. The van der Waals surface area contributed by atoms with Gasteiger partial charge in [0.1, 0.15) is 17.8 Å². The van der Waals surface area contributed by atoms with Crippen LogP contribution in [0, 0.1) is 6.92 Å². The summed E-state index contributed by atoms with van der Waals surface area (Å²) in [7, 11) is 1.66. The van der Waals surface area contributed by atoms with Crippen LogP contribution in [0.15, 0.2) is 35.1 Å². The van der Waals surface area contributed by atoms with Crippen molar-refractivity contribution in [2.45, 2.75) is 13.3 Å². The Labute approximate surface area is 143 Å². The van der Waals surface area contributed by atoms with Crippen LogP contribution in [0.1, 0.15) is 22.5 Å². The van der Waals surface area contributed by atoms with Gasteiger partial charge in [-0.25, -0.2) is 9.97 Å². The summed E-state index contributed by atoms with van der Waals surface area (Å²) in [5.74, 6) is 0.349. The Morgan fingerprint density at radius 2 is 2.13 bits per heavy atom.